The van der Waals surface area contributed by atoms with Gasteiger partial charge in [0.25, 0.3) is 0 Å². The highest BCUT2D eigenvalue weighted by Crippen LogP contribution is 2.24. The van der Waals surface area contributed by atoms with Crippen molar-refractivity contribution in [2.45, 2.75) is 30.3 Å². The van der Waals surface area contributed by atoms with E-state index in [1.165, 1.54) is 16.8 Å². The minimum absolute atomic E-state index is 0.0346. The molecule has 0 saturated carbocycles. The normalized spacial score (nSPS) is 17.0. The van der Waals surface area contributed by atoms with E-state index in [0.717, 1.165) is 37.3 Å². The number of nitrogens with zero attached hydrogens (tertiary/aromatic N) is 5. The molecule has 1 atom stereocenters. The van der Waals surface area contributed by atoms with Gasteiger partial charge in [-0.1, -0.05) is 18.2 Å². The zero-order valence-corrected chi connectivity index (χ0v) is 16.5. The molecule has 1 N–H and O–H groups in total. The minimum Gasteiger partial charge on any atom is -0.325 e. The molecule has 0 spiro atoms. The molecule has 1 aliphatic rings. The molecule has 2 heterocycles. The summed E-state index contributed by atoms with van der Waals surface area (Å²) in [4.78, 5) is 16.4. The number of carbonyl (C=O) groups is 1. The van der Waals surface area contributed by atoms with Gasteiger partial charge in [-0.15, -0.1) is 16.9 Å². The summed E-state index contributed by atoms with van der Waals surface area (Å²) >= 11 is 1.74. The second-order valence-electron chi connectivity index (χ2n) is 6.77. The summed E-state index contributed by atoms with van der Waals surface area (Å²) < 4.78 is 1.57. The van der Waals surface area contributed by atoms with Crippen LogP contribution in [0.15, 0.2) is 59.8 Å². The fraction of sp³-hybridized carbons (Fsp3) is 0.300. The number of rotatable bonds is 6. The molecule has 3 aromatic rings. The number of amides is 1. The lowest BCUT2D eigenvalue weighted by Crippen LogP contribution is -2.39. The average molecular weight is 395 g/mol. The second kappa shape index (κ2) is 8.53. The average Bonchev–Trinajstić information content (AvgIpc) is 3.40. The van der Waals surface area contributed by atoms with Gasteiger partial charge >= 0.3 is 0 Å². The van der Waals surface area contributed by atoms with Crippen LogP contribution in [-0.2, 0) is 11.3 Å². The Hall–Kier alpha value is -2.71. The number of aromatic nitrogens is 4. The minimum atomic E-state index is -0.116. The van der Waals surface area contributed by atoms with E-state index >= 15 is 0 Å². The van der Waals surface area contributed by atoms with Gasteiger partial charge in [0.2, 0.25) is 5.91 Å². The molecule has 8 heteroatoms. The van der Waals surface area contributed by atoms with Crippen molar-refractivity contribution in [3.8, 4) is 5.69 Å². The molecule has 1 unspecified atom stereocenters. The van der Waals surface area contributed by atoms with E-state index in [0.29, 0.717) is 0 Å². The van der Waals surface area contributed by atoms with E-state index in [-0.39, 0.29) is 11.9 Å². The monoisotopic (exact) mass is 394 g/mol. The van der Waals surface area contributed by atoms with Crippen molar-refractivity contribution < 1.29 is 4.79 Å². The maximum Gasteiger partial charge on any atom is 0.241 e. The number of hydrogen-bond donors (Lipinski definition) is 1. The van der Waals surface area contributed by atoms with Gasteiger partial charge in [-0.25, -0.2) is 4.68 Å². The number of nitrogens with one attached hydrogen (secondary N) is 1. The standard InChI is InChI=1S/C20H22N6OS/c1-28-18-8-2-5-15(11-18)13-25-10-4-9-19(25)20(27)22-16-6-3-7-17(12-16)26-14-21-23-24-26/h2-3,5-8,11-12,14,19H,4,9-10,13H2,1H3,(H,22,27). The molecule has 4 rings (SSSR count). The third-order valence-corrected chi connectivity index (χ3v) is 5.64. The van der Waals surface area contributed by atoms with Gasteiger partial charge in [0.15, 0.2) is 0 Å². The van der Waals surface area contributed by atoms with Crippen molar-refractivity contribution in [2.24, 2.45) is 0 Å². The molecule has 0 aliphatic carbocycles. The van der Waals surface area contributed by atoms with E-state index in [9.17, 15) is 4.79 Å². The topological polar surface area (TPSA) is 75.9 Å². The predicted molar refractivity (Wildman–Crippen MR) is 109 cm³/mol. The van der Waals surface area contributed by atoms with Crippen molar-refractivity contribution in [3.63, 3.8) is 0 Å². The molecule has 1 amide bonds. The molecule has 0 radical (unpaired) electrons. The van der Waals surface area contributed by atoms with E-state index < -0.39 is 0 Å². The molecule has 1 aromatic heterocycles. The Balaban J connectivity index is 1.44. The van der Waals surface area contributed by atoms with Crippen molar-refractivity contribution in [2.75, 3.05) is 18.1 Å². The Kier molecular flexibility index (Phi) is 5.68. The number of anilines is 1. The Bertz CT molecular complexity index is 945. The highest BCUT2D eigenvalue weighted by molar-refractivity contribution is 7.98. The smallest absolute Gasteiger partial charge is 0.241 e. The van der Waals surface area contributed by atoms with Gasteiger partial charge < -0.3 is 5.32 Å². The summed E-state index contributed by atoms with van der Waals surface area (Å²) in [5.41, 5.74) is 2.79. The zero-order valence-electron chi connectivity index (χ0n) is 15.7. The summed E-state index contributed by atoms with van der Waals surface area (Å²) in [7, 11) is 0. The van der Waals surface area contributed by atoms with Crippen LogP contribution in [0, 0.1) is 0 Å². The van der Waals surface area contributed by atoms with Crippen molar-refractivity contribution in [1.29, 1.82) is 0 Å². The van der Waals surface area contributed by atoms with E-state index in [1.807, 2.05) is 24.3 Å². The van der Waals surface area contributed by atoms with Crippen LogP contribution >= 0.6 is 11.8 Å². The van der Waals surface area contributed by atoms with Crippen LogP contribution in [0.25, 0.3) is 5.69 Å². The maximum absolute atomic E-state index is 12.9. The van der Waals surface area contributed by atoms with Crippen LogP contribution in [-0.4, -0.2) is 49.9 Å². The van der Waals surface area contributed by atoms with E-state index in [1.54, 1.807) is 16.4 Å². The summed E-state index contributed by atoms with van der Waals surface area (Å²) in [5, 5.41) is 14.3. The first-order chi connectivity index (χ1) is 13.7. The Morgan fingerprint density at radius 1 is 1.25 bits per heavy atom. The third kappa shape index (κ3) is 4.23. The maximum atomic E-state index is 12.9. The molecular formula is C20H22N6OS. The first-order valence-electron chi connectivity index (χ1n) is 9.24. The van der Waals surface area contributed by atoms with Crippen LogP contribution in [0.1, 0.15) is 18.4 Å². The molecule has 0 bridgehead atoms. The predicted octanol–water partition coefficient (Wildman–Crippen LogP) is 2.99. The van der Waals surface area contributed by atoms with Gasteiger partial charge in [0, 0.05) is 17.1 Å². The number of likely N-dealkylation sites (tertiary alicyclic amines) is 1. The lowest BCUT2D eigenvalue weighted by atomic mass is 10.1. The highest BCUT2D eigenvalue weighted by atomic mass is 32.2. The summed E-state index contributed by atoms with van der Waals surface area (Å²) in [6, 6.07) is 15.9. The largest absolute Gasteiger partial charge is 0.325 e. The fourth-order valence-electron chi connectivity index (χ4n) is 3.55. The van der Waals surface area contributed by atoms with E-state index in [4.69, 9.17) is 0 Å². The Labute approximate surface area is 168 Å². The number of tetrazole rings is 1. The lowest BCUT2D eigenvalue weighted by molar-refractivity contribution is -0.120. The first-order valence-corrected chi connectivity index (χ1v) is 10.5. The number of hydrogen-bond acceptors (Lipinski definition) is 6. The lowest BCUT2D eigenvalue weighted by Gasteiger charge is -2.24. The molecule has 28 heavy (non-hydrogen) atoms. The van der Waals surface area contributed by atoms with Gasteiger partial charge in [-0.05, 0) is 72.0 Å². The molecular weight excluding hydrogens is 372 g/mol. The SMILES string of the molecule is CSc1cccc(CN2CCCC2C(=O)Nc2cccc(-n3cnnn3)c2)c1. The Morgan fingerprint density at radius 2 is 2.14 bits per heavy atom. The molecule has 2 aromatic carbocycles. The number of benzene rings is 2. The van der Waals surface area contributed by atoms with Crippen LogP contribution in [0.2, 0.25) is 0 Å². The van der Waals surface area contributed by atoms with Crippen molar-refractivity contribution in [1.82, 2.24) is 25.1 Å². The fourth-order valence-corrected chi connectivity index (χ4v) is 4.03. The quantitative estimate of drug-likeness (QED) is 0.648. The zero-order chi connectivity index (χ0) is 19.3. The molecule has 1 aliphatic heterocycles. The van der Waals surface area contributed by atoms with Crippen molar-refractivity contribution >= 4 is 23.4 Å². The van der Waals surface area contributed by atoms with Crippen molar-refractivity contribution in [3.05, 3.63) is 60.4 Å². The Morgan fingerprint density at radius 3 is 2.96 bits per heavy atom. The first kappa shape index (κ1) is 18.6. The molecule has 7 nitrogen and oxygen atoms in total. The summed E-state index contributed by atoms with van der Waals surface area (Å²) in [5.74, 6) is 0.0346. The van der Waals surface area contributed by atoms with Crippen LogP contribution in [0.3, 0.4) is 0 Å². The van der Waals surface area contributed by atoms with Crippen LogP contribution < -0.4 is 5.32 Å². The number of carbonyl (C=O) groups excluding carboxylic acids is 1. The summed E-state index contributed by atoms with van der Waals surface area (Å²) in [6.07, 6.45) is 5.52. The van der Waals surface area contributed by atoms with Crippen LogP contribution in [0.4, 0.5) is 5.69 Å². The molecule has 1 saturated heterocycles. The van der Waals surface area contributed by atoms with Gasteiger partial charge in [0.1, 0.15) is 6.33 Å². The summed E-state index contributed by atoms with van der Waals surface area (Å²) in [6.45, 7) is 1.73. The third-order valence-electron chi connectivity index (χ3n) is 4.91. The molecule has 144 valence electrons. The van der Waals surface area contributed by atoms with Gasteiger partial charge in [-0.3, -0.25) is 9.69 Å². The van der Waals surface area contributed by atoms with E-state index in [2.05, 4.69) is 56.3 Å². The molecule has 1 fully saturated rings. The van der Waals surface area contributed by atoms with Gasteiger partial charge in [0.05, 0.1) is 11.7 Å². The van der Waals surface area contributed by atoms with Gasteiger partial charge in [-0.2, -0.15) is 0 Å². The number of thioether (sulfide) groups is 1. The van der Waals surface area contributed by atoms with Crippen LogP contribution in [0.5, 0.6) is 0 Å². The second-order valence-corrected chi connectivity index (χ2v) is 7.65. The highest BCUT2D eigenvalue weighted by Gasteiger charge is 2.30.